The second-order valence-electron chi connectivity index (χ2n) is 3.01. The van der Waals surface area contributed by atoms with Crippen LogP contribution in [0, 0.1) is 0 Å². The van der Waals surface area contributed by atoms with Gasteiger partial charge in [-0.3, -0.25) is 4.79 Å². The van der Waals surface area contributed by atoms with Gasteiger partial charge in [0.15, 0.2) is 0 Å². The monoisotopic (exact) mass is 244 g/mol. The first-order valence-electron chi connectivity index (χ1n) is 4.45. The summed E-state index contributed by atoms with van der Waals surface area (Å²) < 4.78 is 26.4. The standard InChI is InChI=1S/C9H12N2O4S/c1-10-16(14,15)11-8(9(12)13)7-5-3-2-4-6-7/h2-6,8,10-11H,1H3,(H,12,13)/t8-/m1/s1. The van der Waals surface area contributed by atoms with Crippen molar-refractivity contribution in [2.75, 3.05) is 7.05 Å². The molecule has 16 heavy (non-hydrogen) atoms. The van der Waals surface area contributed by atoms with Crippen molar-refractivity contribution in [3.63, 3.8) is 0 Å². The zero-order valence-corrected chi connectivity index (χ0v) is 9.36. The third-order valence-electron chi connectivity index (χ3n) is 1.92. The van der Waals surface area contributed by atoms with Gasteiger partial charge in [0.25, 0.3) is 10.2 Å². The molecule has 1 rings (SSSR count). The number of hydrogen-bond acceptors (Lipinski definition) is 3. The second kappa shape index (κ2) is 5.06. The zero-order chi connectivity index (χ0) is 12.2. The maximum absolute atomic E-state index is 11.2. The predicted molar refractivity (Wildman–Crippen MR) is 57.9 cm³/mol. The number of benzene rings is 1. The third-order valence-corrected chi connectivity index (χ3v) is 3.01. The molecule has 0 amide bonds. The van der Waals surface area contributed by atoms with Crippen LogP contribution in [0.25, 0.3) is 0 Å². The first-order valence-corrected chi connectivity index (χ1v) is 5.93. The number of nitrogens with one attached hydrogen (secondary N) is 2. The van der Waals surface area contributed by atoms with Crippen LogP contribution in [0.2, 0.25) is 0 Å². The molecule has 0 saturated carbocycles. The van der Waals surface area contributed by atoms with Gasteiger partial charge in [-0.05, 0) is 5.56 Å². The van der Waals surface area contributed by atoms with Crippen LogP contribution in [0.1, 0.15) is 11.6 Å². The number of rotatable bonds is 5. The van der Waals surface area contributed by atoms with E-state index in [9.17, 15) is 13.2 Å². The molecule has 1 aromatic carbocycles. The van der Waals surface area contributed by atoms with E-state index in [0.717, 1.165) is 0 Å². The molecule has 0 aliphatic heterocycles. The highest BCUT2D eigenvalue weighted by molar-refractivity contribution is 7.87. The lowest BCUT2D eigenvalue weighted by Crippen LogP contribution is -2.39. The minimum atomic E-state index is -3.79. The van der Waals surface area contributed by atoms with E-state index in [1.807, 2.05) is 9.44 Å². The summed E-state index contributed by atoms with van der Waals surface area (Å²) in [7, 11) is -2.59. The lowest BCUT2D eigenvalue weighted by Gasteiger charge is -2.14. The van der Waals surface area contributed by atoms with E-state index in [1.54, 1.807) is 18.2 Å². The summed E-state index contributed by atoms with van der Waals surface area (Å²) in [4.78, 5) is 10.9. The maximum Gasteiger partial charge on any atom is 0.326 e. The first-order chi connectivity index (χ1) is 7.46. The molecule has 3 N–H and O–H groups in total. The maximum atomic E-state index is 11.2. The topological polar surface area (TPSA) is 95.5 Å². The molecule has 0 bridgehead atoms. The Kier molecular flexibility index (Phi) is 3.99. The quantitative estimate of drug-likeness (QED) is 0.672. The van der Waals surface area contributed by atoms with Crippen molar-refractivity contribution >= 4 is 16.2 Å². The normalized spacial score (nSPS) is 13.3. The molecule has 0 spiro atoms. The minimum absolute atomic E-state index is 0.369. The van der Waals surface area contributed by atoms with Gasteiger partial charge in [-0.25, -0.2) is 4.72 Å². The fraction of sp³-hybridized carbons (Fsp3) is 0.222. The van der Waals surface area contributed by atoms with E-state index in [2.05, 4.69) is 0 Å². The molecule has 1 aromatic rings. The molecule has 88 valence electrons. The fourth-order valence-corrected chi connectivity index (χ4v) is 1.79. The van der Waals surface area contributed by atoms with Crippen LogP contribution in [0.5, 0.6) is 0 Å². The predicted octanol–water partition coefficient (Wildman–Crippen LogP) is -0.134. The number of hydrogen-bond donors (Lipinski definition) is 3. The Labute approximate surface area is 93.5 Å². The summed E-state index contributed by atoms with van der Waals surface area (Å²) in [5, 5.41) is 8.93. The first kappa shape index (κ1) is 12.6. The van der Waals surface area contributed by atoms with Gasteiger partial charge in [0.05, 0.1) is 0 Å². The van der Waals surface area contributed by atoms with Crippen molar-refractivity contribution < 1.29 is 18.3 Å². The summed E-state index contributed by atoms with van der Waals surface area (Å²) in [5.41, 5.74) is 0.369. The van der Waals surface area contributed by atoms with Crippen LogP contribution >= 0.6 is 0 Å². The molecule has 0 aliphatic rings. The molecule has 6 nitrogen and oxygen atoms in total. The van der Waals surface area contributed by atoms with Crippen molar-refractivity contribution in [1.29, 1.82) is 0 Å². The lowest BCUT2D eigenvalue weighted by molar-refractivity contribution is -0.139. The molecule has 1 atom stereocenters. The van der Waals surface area contributed by atoms with Crippen LogP contribution in [0.3, 0.4) is 0 Å². The van der Waals surface area contributed by atoms with Gasteiger partial charge in [-0.2, -0.15) is 13.1 Å². The Balaban J connectivity index is 2.99. The largest absolute Gasteiger partial charge is 0.480 e. The van der Waals surface area contributed by atoms with Crippen molar-refractivity contribution in [1.82, 2.24) is 9.44 Å². The molecule has 0 heterocycles. The van der Waals surface area contributed by atoms with E-state index in [-0.39, 0.29) is 0 Å². The number of aliphatic carboxylic acids is 1. The number of carboxylic acids is 1. The van der Waals surface area contributed by atoms with E-state index < -0.39 is 22.2 Å². The molecule has 0 unspecified atom stereocenters. The van der Waals surface area contributed by atoms with E-state index >= 15 is 0 Å². The Bertz CT molecular complexity index is 458. The summed E-state index contributed by atoms with van der Waals surface area (Å²) in [6, 6.07) is 6.78. The average molecular weight is 244 g/mol. The van der Waals surface area contributed by atoms with Gasteiger partial charge in [0, 0.05) is 7.05 Å². The molecule has 7 heteroatoms. The SMILES string of the molecule is CNS(=O)(=O)N[C@@H](C(=O)O)c1ccccc1. The fourth-order valence-electron chi connectivity index (χ4n) is 1.12. The lowest BCUT2D eigenvalue weighted by atomic mass is 10.1. The highest BCUT2D eigenvalue weighted by atomic mass is 32.2. The summed E-state index contributed by atoms with van der Waals surface area (Å²) in [6.07, 6.45) is 0. The van der Waals surface area contributed by atoms with Crippen molar-refractivity contribution in [2.45, 2.75) is 6.04 Å². The van der Waals surface area contributed by atoms with Crippen molar-refractivity contribution in [3.8, 4) is 0 Å². The Hall–Kier alpha value is -1.44. The van der Waals surface area contributed by atoms with Crippen molar-refractivity contribution in [2.24, 2.45) is 0 Å². The highest BCUT2D eigenvalue weighted by Crippen LogP contribution is 2.13. The number of carboxylic acid groups (broad SMARTS) is 1. The molecular formula is C9H12N2O4S. The molecule has 0 fully saturated rings. The minimum Gasteiger partial charge on any atom is -0.480 e. The highest BCUT2D eigenvalue weighted by Gasteiger charge is 2.24. The molecule has 0 saturated heterocycles. The van der Waals surface area contributed by atoms with Gasteiger partial charge in [0.1, 0.15) is 6.04 Å². The van der Waals surface area contributed by atoms with E-state index in [0.29, 0.717) is 5.56 Å². The Morgan fingerprint density at radius 2 is 1.88 bits per heavy atom. The van der Waals surface area contributed by atoms with Crippen LogP contribution in [0.15, 0.2) is 30.3 Å². The van der Waals surface area contributed by atoms with Gasteiger partial charge in [-0.1, -0.05) is 30.3 Å². The van der Waals surface area contributed by atoms with Gasteiger partial charge in [0.2, 0.25) is 0 Å². The van der Waals surface area contributed by atoms with Crippen LogP contribution < -0.4 is 9.44 Å². The van der Waals surface area contributed by atoms with E-state index in [4.69, 9.17) is 5.11 Å². The molecule has 0 aromatic heterocycles. The van der Waals surface area contributed by atoms with E-state index in [1.165, 1.54) is 19.2 Å². The van der Waals surface area contributed by atoms with Gasteiger partial charge < -0.3 is 5.11 Å². The number of carbonyl (C=O) groups is 1. The van der Waals surface area contributed by atoms with Crippen LogP contribution in [-0.4, -0.2) is 26.5 Å². The summed E-state index contributed by atoms with van der Waals surface area (Å²) in [5.74, 6) is -1.26. The second-order valence-corrected chi connectivity index (χ2v) is 4.66. The average Bonchev–Trinajstić information content (AvgIpc) is 2.27. The van der Waals surface area contributed by atoms with Gasteiger partial charge in [-0.15, -0.1) is 0 Å². The van der Waals surface area contributed by atoms with Crippen LogP contribution in [-0.2, 0) is 15.0 Å². The van der Waals surface area contributed by atoms with Crippen LogP contribution in [0.4, 0.5) is 0 Å². The zero-order valence-electron chi connectivity index (χ0n) is 8.54. The van der Waals surface area contributed by atoms with Gasteiger partial charge >= 0.3 is 5.97 Å². The molecule has 0 radical (unpaired) electrons. The van der Waals surface area contributed by atoms with Crippen molar-refractivity contribution in [3.05, 3.63) is 35.9 Å². The summed E-state index contributed by atoms with van der Waals surface area (Å²) in [6.45, 7) is 0. The molecule has 0 aliphatic carbocycles. The smallest absolute Gasteiger partial charge is 0.326 e. The molecular weight excluding hydrogens is 232 g/mol. The third kappa shape index (κ3) is 3.30. The Morgan fingerprint density at radius 1 is 1.31 bits per heavy atom. The Morgan fingerprint density at radius 3 is 2.31 bits per heavy atom. The summed E-state index contributed by atoms with van der Waals surface area (Å²) >= 11 is 0.